The third-order valence-corrected chi connectivity index (χ3v) is 3.32. The van der Waals surface area contributed by atoms with Crippen LogP contribution in [0.15, 0.2) is 23.1 Å². The molecule has 0 saturated heterocycles. The fourth-order valence-corrected chi connectivity index (χ4v) is 2.23. The van der Waals surface area contributed by atoms with E-state index in [1.807, 2.05) is 12.1 Å². The van der Waals surface area contributed by atoms with Crippen LogP contribution in [0, 0.1) is 0 Å². The Labute approximate surface area is 92.9 Å². The van der Waals surface area contributed by atoms with E-state index in [1.165, 1.54) is 0 Å². The van der Waals surface area contributed by atoms with Gasteiger partial charge in [0.25, 0.3) is 0 Å². The summed E-state index contributed by atoms with van der Waals surface area (Å²) in [6.07, 6.45) is 0.767. The molecule has 0 fully saturated rings. The lowest BCUT2D eigenvalue weighted by Crippen LogP contribution is -1.87. The molecular weight excluding hydrogens is 220 g/mol. The van der Waals surface area contributed by atoms with Crippen molar-refractivity contribution in [2.45, 2.75) is 17.9 Å². The molecule has 0 aliphatic rings. The fourth-order valence-electron chi connectivity index (χ4n) is 1.01. The molecule has 1 aromatic carbocycles. The highest BCUT2D eigenvalue weighted by Gasteiger charge is 2.01. The van der Waals surface area contributed by atoms with Crippen LogP contribution in [0.2, 0.25) is 5.02 Å². The largest absolute Gasteiger partial charge is 0.396 e. The third-order valence-electron chi connectivity index (χ3n) is 1.74. The summed E-state index contributed by atoms with van der Waals surface area (Å²) in [6.45, 7) is 0.223. The maximum absolute atomic E-state index is 8.87. The zero-order chi connectivity index (χ0) is 10.4. The van der Waals surface area contributed by atoms with E-state index < -0.39 is 0 Å². The van der Waals surface area contributed by atoms with Crippen LogP contribution in [-0.4, -0.2) is 22.6 Å². The van der Waals surface area contributed by atoms with E-state index >= 15 is 0 Å². The highest BCUT2D eigenvalue weighted by molar-refractivity contribution is 7.99. The summed E-state index contributed by atoms with van der Waals surface area (Å²) < 4.78 is 0. The Bertz CT molecular complexity index is 291. The summed E-state index contributed by atoms with van der Waals surface area (Å²) in [7, 11) is 0. The molecule has 2 N–H and O–H groups in total. The van der Waals surface area contributed by atoms with Crippen molar-refractivity contribution < 1.29 is 10.2 Å². The van der Waals surface area contributed by atoms with Crippen molar-refractivity contribution in [1.82, 2.24) is 0 Å². The quantitative estimate of drug-likeness (QED) is 0.605. The lowest BCUT2D eigenvalue weighted by Gasteiger charge is -2.04. The van der Waals surface area contributed by atoms with E-state index in [4.69, 9.17) is 21.8 Å². The van der Waals surface area contributed by atoms with Crippen LogP contribution in [0.25, 0.3) is 0 Å². The SMILES string of the molecule is OCCCSc1ccc(CO)cc1Cl. The van der Waals surface area contributed by atoms with Gasteiger partial charge in [0.2, 0.25) is 0 Å². The van der Waals surface area contributed by atoms with Crippen molar-refractivity contribution in [2.75, 3.05) is 12.4 Å². The van der Waals surface area contributed by atoms with Crippen LogP contribution in [0.5, 0.6) is 0 Å². The lowest BCUT2D eigenvalue weighted by molar-refractivity contribution is 0.282. The first-order valence-electron chi connectivity index (χ1n) is 4.41. The normalized spacial score (nSPS) is 10.5. The molecule has 0 aromatic heterocycles. The van der Waals surface area contributed by atoms with Crippen LogP contribution in [-0.2, 0) is 6.61 Å². The number of hydrogen-bond donors (Lipinski definition) is 2. The van der Waals surface area contributed by atoms with Gasteiger partial charge in [0.15, 0.2) is 0 Å². The molecule has 0 unspecified atom stereocenters. The van der Waals surface area contributed by atoms with E-state index in [0.717, 1.165) is 22.6 Å². The molecule has 4 heteroatoms. The first kappa shape index (κ1) is 11.9. The minimum atomic E-state index is 0.0152. The Balaban J connectivity index is 2.59. The van der Waals surface area contributed by atoms with Crippen LogP contribution >= 0.6 is 23.4 Å². The molecule has 0 atom stereocenters. The second-order valence-electron chi connectivity index (χ2n) is 2.85. The predicted octanol–water partition coefficient (Wildman–Crippen LogP) is 2.31. The molecule has 0 radical (unpaired) electrons. The Kier molecular flexibility index (Phi) is 5.33. The van der Waals surface area contributed by atoms with Gasteiger partial charge in [0.05, 0.1) is 11.6 Å². The second kappa shape index (κ2) is 6.30. The zero-order valence-corrected chi connectivity index (χ0v) is 9.31. The maximum atomic E-state index is 8.87. The molecule has 1 rings (SSSR count). The Morgan fingerprint density at radius 3 is 2.64 bits per heavy atom. The highest BCUT2D eigenvalue weighted by Crippen LogP contribution is 2.28. The number of aliphatic hydroxyl groups excluding tert-OH is 2. The van der Waals surface area contributed by atoms with E-state index in [-0.39, 0.29) is 13.2 Å². The van der Waals surface area contributed by atoms with Gasteiger partial charge in [-0.3, -0.25) is 0 Å². The summed E-state index contributed by atoms with van der Waals surface area (Å²) in [4.78, 5) is 0.998. The summed E-state index contributed by atoms with van der Waals surface area (Å²) in [5, 5.41) is 18.2. The molecule has 0 heterocycles. The molecule has 2 nitrogen and oxygen atoms in total. The van der Waals surface area contributed by atoms with E-state index in [9.17, 15) is 0 Å². The summed E-state index contributed by atoms with van der Waals surface area (Å²) in [5.41, 5.74) is 0.821. The Morgan fingerprint density at radius 1 is 1.29 bits per heavy atom. The summed E-state index contributed by atoms with van der Waals surface area (Å²) in [6, 6.07) is 5.52. The smallest absolute Gasteiger partial charge is 0.0682 e. The first-order valence-corrected chi connectivity index (χ1v) is 5.77. The van der Waals surface area contributed by atoms with Crippen molar-refractivity contribution in [3.05, 3.63) is 28.8 Å². The average Bonchev–Trinajstić information content (AvgIpc) is 2.20. The second-order valence-corrected chi connectivity index (χ2v) is 4.39. The molecule has 14 heavy (non-hydrogen) atoms. The van der Waals surface area contributed by atoms with E-state index in [1.54, 1.807) is 17.8 Å². The summed E-state index contributed by atoms with van der Waals surface area (Å²) in [5.74, 6) is 0.856. The molecule has 0 bridgehead atoms. The standard InChI is InChI=1S/C10H13ClO2S/c11-9-6-8(7-13)2-3-10(9)14-5-1-4-12/h2-3,6,12-13H,1,4-5,7H2. The Hall–Kier alpha value is -0.220. The number of halogens is 1. The topological polar surface area (TPSA) is 40.5 Å². The molecule has 78 valence electrons. The van der Waals surface area contributed by atoms with Gasteiger partial charge >= 0.3 is 0 Å². The van der Waals surface area contributed by atoms with Crippen LogP contribution in [0.3, 0.4) is 0 Å². The zero-order valence-electron chi connectivity index (χ0n) is 7.74. The van der Waals surface area contributed by atoms with E-state index in [2.05, 4.69) is 0 Å². The van der Waals surface area contributed by atoms with Crippen LogP contribution < -0.4 is 0 Å². The van der Waals surface area contributed by atoms with Gasteiger partial charge < -0.3 is 10.2 Å². The molecule has 0 saturated carbocycles. The van der Waals surface area contributed by atoms with Crippen molar-refractivity contribution in [2.24, 2.45) is 0 Å². The Morgan fingerprint density at radius 2 is 2.07 bits per heavy atom. The van der Waals surface area contributed by atoms with Gasteiger partial charge in [-0.1, -0.05) is 17.7 Å². The van der Waals surface area contributed by atoms with Gasteiger partial charge in [0.1, 0.15) is 0 Å². The predicted molar refractivity (Wildman–Crippen MR) is 59.8 cm³/mol. The van der Waals surface area contributed by atoms with Gasteiger partial charge in [-0.2, -0.15) is 0 Å². The molecule has 0 aliphatic heterocycles. The fraction of sp³-hybridized carbons (Fsp3) is 0.400. The number of rotatable bonds is 5. The van der Waals surface area contributed by atoms with E-state index in [0.29, 0.717) is 5.02 Å². The number of hydrogen-bond acceptors (Lipinski definition) is 3. The number of thioether (sulfide) groups is 1. The van der Waals surface area contributed by atoms with Crippen molar-refractivity contribution in [1.29, 1.82) is 0 Å². The van der Waals surface area contributed by atoms with Crippen molar-refractivity contribution in [3.8, 4) is 0 Å². The molecule has 0 spiro atoms. The lowest BCUT2D eigenvalue weighted by atomic mass is 10.2. The van der Waals surface area contributed by atoms with Gasteiger partial charge in [-0.25, -0.2) is 0 Å². The maximum Gasteiger partial charge on any atom is 0.0682 e. The van der Waals surface area contributed by atoms with Crippen LogP contribution in [0.1, 0.15) is 12.0 Å². The molecule has 1 aromatic rings. The molecule has 0 amide bonds. The monoisotopic (exact) mass is 232 g/mol. The van der Waals surface area contributed by atoms with Crippen molar-refractivity contribution >= 4 is 23.4 Å². The van der Waals surface area contributed by atoms with Gasteiger partial charge in [-0.15, -0.1) is 11.8 Å². The van der Waals surface area contributed by atoms with Crippen molar-refractivity contribution in [3.63, 3.8) is 0 Å². The van der Waals surface area contributed by atoms with Gasteiger partial charge in [-0.05, 0) is 24.1 Å². The van der Waals surface area contributed by atoms with Gasteiger partial charge in [0, 0.05) is 17.3 Å². The summed E-state index contributed by atoms with van der Waals surface area (Å²) >= 11 is 7.61. The average molecular weight is 233 g/mol. The van der Waals surface area contributed by atoms with Crippen LogP contribution in [0.4, 0.5) is 0 Å². The number of aliphatic hydroxyl groups is 2. The minimum absolute atomic E-state index is 0.0152. The highest BCUT2D eigenvalue weighted by atomic mass is 35.5. The first-order chi connectivity index (χ1) is 6.77. The minimum Gasteiger partial charge on any atom is -0.396 e. The third kappa shape index (κ3) is 3.50. The number of benzene rings is 1. The molecular formula is C10H13ClO2S. The molecule has 0 aliphatic carbocycles.